The Hall–Kier alpha value is -3.21. The number of halogens is 5. The maximum Gasteiger partial charge on any atom is 0.428 e. The Kier molecular flexibility index (Phi) is 7.96. The molecule has 4 aromatic rings. The molecule has 0 radical (unpaired) electrons. The summed E-state index contributed by atoms with van der Waals surface area (Å²) in [6.07, 6.45) is 0.855. The van der Waals surface area contributed by atoms with Crippen LogP contribution in [0.1, 0.15) is 31.7 Å². The molecule has 0 heterocycles. The lowest BCUT2D eigenvalue weighted by atomic mass is 9.99. The highest BCUT2D eigenvalue weighted by Crippen LogP contribution is 2.68. The van der Waals surface area contributed by atoms with Gasteiger partial charge < -0.3 is 0 Å². The summed E-state index contributed by atoms with van der Waals surface area (Å²) in [4.78, 5) is -0.826. The summed E-state index contributed by atoms with van der Waals surface area (Å²) in [6.45, 7) is 4.05. The number of benzene rings is 4. The van der Waals surface area contributed by atoms with Crippen molar-refractivity contribution in [3.63, 3.8) is 0 Å². The fraction of sp³-hybridized carbons (Fsp3) is 0.143. The second kappa shape index (κ2) is 10.9. The zero-order valence-electron chi connectivity index (χ0n) is 20.3. The minimum absolute atomic E-state index is 0.205. The van der Waals surface area contributed by atoms with E-state index in [0.717, 1.165) is 12.0 Å². The fourth-order valence-corrected chi connectivity index (χ4v) is 9.59. The van der Waals surface area contributed by atoms with Gasteiger partial charge in [-0.1, -0.05) is 62.4 Å². The van der Waals surface area contributed by atoms with Crippen molar-refractivity contribution in [2.75, 3.05) is 0 Å². The Balaban J connectivity index is 2.04. The molecule has 0 aliphatic rings. The van der Waals surface area contributed by atoms with Gasteiger partial charge >= 0.3 is 10.1 Å². The van der Waals surface area contributed by atoms with E-state index in [1.54, 1.807) is 72.8 Å². The van der Waals surface area contributed by atoms with Crippen LogP contribution in [0.25, 0.3) is 0 Å². The molecule has 0 fully saturated rings. The maximum atomic E-state index is 14.7. The summed E-state index contributed by atoms with van der Waals surface area (Å²) in [5.41, 5.74) is 0.980. The second-order valence-electron chi connectivity index (χ2n) is 8.53. The summed E-state index contributed by atoms with van der Waals surface area (Å²) in [6, 6.07) is 23.4. The quantitative estimate of drug-likeness (QED) is 0.0704. The third-order valence-corrected chi connectivity index (χ3v) is 11.6. The average molecular weight is 568 g/mol. The molecule has 0 aromatic heterocycles. The van der Waals surface area contributed by atoms with Crippen LogP contribution in [0.3, 0.4) is 0 Å². The maximum absolute atomic E-state index is 14.7. The molecule has 0 bridgehead atoms. The third-order valence-electron chi connectivity index (χ3n) is 6.21. The summed E-state index contributed by atoms with van der Waals surface area (Å²) >= 11 is 0. The molecule has 4 rings (SSSR count). The van der Waals surface area contributed by atoms with Crippen molar-refractivity contribution in [3.05, 3.63) is 120 Å². The topological polar surface area (TPSA) is 46.9 Å². The van der Waals surface area contributed by atoms with Crippen LogP contribution in [0.4, 0.5) is 22.0 Å². The molecule has 10 heteroatoms. The average Bonchev–Trinajstić information content (AvgIpc) is 2.94. The van der Waals surface area contributed by atoms with Crippen LogP contribution in [0, 0.1) is 29.1 Å². The monoisotopic (exact) mass is 567 g/mol. The van der Waals surface area contributed by atoms with Gasteiger partial charge in [0, 0.05) is 0 Å². The standard InChI is InChI=1S/C28H23F5O3S2/c1-3-18(2)19-14-16-22(17-15-19)37(20-10-6-4-7-11-20,21-12-8-5-9-13-21)36-38(34,35)28-26(32)24(30)23(29)25(31)27(28)33/h4-18H,3H2,1-2H3/p+1. The SMILES string of the molecule is CCC(C)c1ccc(S([OH+]S(=O)(=O)c2c(F)c(F)c(F)c(F)c2F)(c2ccccc2)c2ccccc2)cc1. The van der Waals surface area contributed by atoms with Crippen LogP contribution in [0.15, 0.2) is 105 Å². The fourth-order valence-electron chi connectivity index (χ4n) is 4.00. The highest BCUT2D eigenvalue weighted by atomic mass is 32.3. The van der Waals surface area contributed by atoms with Crippen LogP contribution in [-0.2, 0) is 10.1 Å². The molecule has 4 aromatic carbocycles. The van der Waals surface area contributed by atoms with E-state index >= 15 is 0 Å². The van der Waals surface area contributed by atoms with Crippen molar-refractivity contribution >= 4 is 20.4 Å². The highest BCUT2D eigenvalue weighted by molar-refractivity contribution is 8.32. The van der Waals surface area contributed by atoms with E-state index in [0.29, 0.717) is 14.7 Å². The van der Waals surface area contributed by atoms with E-state index < -0.39 is 54.4 Å². The molecule has 0 amide bonds. The first-order chi connectivity index (χ1) is 18.0. The van der Waals surface area contributed by atoms with E-state index in [1.807, 2.05) is 26.0 Å². The van der Waals surface area contributed by atoms with E-state index in [9.17, 15) is 30.4 Å². The van der Waals surface area contributed by atoms with Crippen LogP contribution < -0.4 is 0 Å². The van der Waals surface area contributed by atoms with Gasteiger partial charge in [-0.3, -0.25) is 3.63 Å². The number of rotatable bonds is 8. The minimum Gasteiger partial charge on any atom is -0.258 e. The van der Waals surface area contributed by atoms with Crippen molar-refractivity contribution in [2.24, 2.45) is 0 Å². The van der Waals surface area contributed by atoms with Crippen molar-refractivity contribution in [1.82, 2.24) is 0 Å². The van der Waals surface area contributed by atoms with Gasteiger partial charge in [0.25, 0.3) is 0 Å². The Morgan fingerprint density at radius 3 is 1.45 bits per heavy atom. The minimum atomic E-state index is -5.45. The van der Waals surface area contributed by atoms with Gasteiger partial charge in [-0.15, -0.1) is 8.42 Å². The molecule has 1 unspecified atom stereocenters. The molecule has 38 heavy (non-hydrogen) atoms. The smallest absolute Gasteiger partial charge is 0.258 e. The van der Waals surface area contributed by atoms with Crippen molar-refractivity contribution in [1.29, 1.82) is 0 Å². The summed E-state index contributed by atoms with van der Waals surface area (Å²) in [5.74, 6) is -11.9. The van der Waals surface area contributed by atoms with Crippen molar-refractivity contribution < 1.29 is 34.0 Å². The Morgan fingerprint density at radius 2 is 1.03 bits per heavy atom. The lowest BCUT2D eigenvalue weighted by molar-refractivity contribution is 0.338. The van der Waals surface area contributed by atoms with E-state index in [-0.39, 0.29) is 5.92 Å². The molecular formula is C28H24F5O3S2+. The summed E-state index contributed by atoms with van der Waals surface area (Å²) in [5, 5.41) is 0. The predicted octanol–water partition coefficient (Wildman–Crippen LogP) is 8.57. The van der Waals surface area contributed by atoms with Gasteiger partial charge in [-0.2, -0.15) is 0 Å². The molecule has 200 valence electrons. The lowest BCUT2D eigenvalue weighted by Crippen LogP contribution is -2.22. The first-order valence-electron chi connectivity index (χ1n) is 11.6. The van der Waals surface area contributed by atoms with E-state index in [1.165, 1.54) is 0 Å². The van der Waals surface area contributed by atoms with E-state index in [4.69, 9.17) is 0 Å². The molecule has 0 aliphatic heterocycles. The van der Waals surface area contributed by atoms with Crippen molar-refractivity contribution in [3.8, 4) is 0 Å². The molecule has 1 N–H and O–H groups in total. The van der Waals surface area contributed by atoms with Crippen LogP contribution in [0.2, 0.25) is 0 Å². The predicted molar refractivity (Wildman–Crippen MR) is 136 cm³/mol. The van der Waals surface area contributed by atoms with Gasteiger partial charge in [0.15, 0.2) is 23.3 Å². The molecule has 1 atom stereocenters. The van der Waals surface area contributed by atoms with E-state index in [2.05, 4.69) is 3.63 Å². The van der Waals surface area contributed by atoms with Crippen LogP contribution >= 0.6 is 10.3 Å². The molecule has 0 spiro atoms. The Bertz CT molecular complexity index is 1480. The third kappa shape index (κ3) is 4.83. The molecule has 3 nitrogen and oxygen atoms in total. The molecular weight excluding hydrogens is 543 g/mol. The summed E-state index contributed by atoms with van der Waals surface area (Å²) < 4.78 is 102. The summed E-state index contributed by atoms with van der Waals surface area (Å²) in [7, 11) is -8.64. The molecule has 0 saturated heterocycles. The van der Waals surface area contributed by atoms with Gasteiger partial charge in [0.1, 0.15) is 0 Å². The van der Waals surface area contributed by atoms with Crippen molar-refractivity contribution in [2.45, 2.75) is 45.8 Å². The first kappa shape index (κ1) is 27.8. The van der Waals surface area contributed by atoms with Gasteiger partial charge in [0.05, 0.1) is 25.0 Å². The van der Waals surface area contributed by atoms with Gasteiger partial charge in [0.2, 0.25) is 10.7 Å². The normalized spacial score (nSPS) is 13.3. The Labute approximate surface area is 219 Å². The zero-order valence-corrected chi connectivity index (χ0v) is 22.0. The second-order valence-corrected chi connectivity index (χ2v) is 13.1. The number of hydrogen-bond acceptors (Lipinski definition) is 2. The highest BCUT2D eigenvalue weighted by Gasteiger charge is 2.47. The molecule has 0 aliphatic carbocycles. The van der Waals surface area contributed by atoms with Crippen LogP contribution in [0.5, 0.6) is 0 Å². The largest absolute Gasteiger partial charge is 0.428 e. The van der Waals surface area contributed by atoms with Gasteiger partial charge in [-0.05, 0) is 54.3 Å². The van der Waals surface area contributed by atoms with Gasteiger partial charge in [-0.25, -0.2) is 22.0 Å². The van der Waals surface area contributed by atoms with Crippen LogP contribution in [-0.4, -0.2) is 12.0 Å². The zero-order chi connectivity index (χ0) is 27.7. The lowest BCUT2D eigenvalue weighted by Gasteiger charge is -2.35. The molecule has 0 saturated carbocycles. The first-order valence-corrected chi connectivity index (χ1v) is 14.6. The Morgan fingerprint density at radius 1 is 0.632 bits per heavy atom. The number of hydrogen-bond donors (Lipinski definition) is 0.